The number of nitrogens with one attached hydrogen (secondary N) is 2. The number of amides is 2. The summed E-state index contributed by atoms with van der Waals surface area (Å²) < 4.78 is 29.4. The lowest BCUT2D eigenvalue weighted by Gasteiger charge is -2.22. The van der Waals surface area contributed by atoms with Crippen LogP contribution in [-0.2, 0) is 13.1 Å². The first-order chi connectivity index (χ1) is 15.6. The van der Waals surface area contributed by atoms with Crippen molar-refractivity contribution in [3.05, 3.63) is 62.1 Å². The van der Waals surface area contributed by atoms with Crippen LogP contribution in [0.2, 0.25) is 0 Å². The highest BCUT2D eigenvalue weighted by molar-refractivity contribution is 5.99. The number of hydrogen-bond acceptors (Lipinski definition) is 5. The van der Waals surface area contributed by atoms with Crippen molar-refractivity contribution < 1.29 is 23.5 Å². The molecule has 1 aliphatic rings. The molecule has 2 heterocycles. The molecule has 2 amide bonds. The molecular weight excluding hydrogens is 434 g/mol. The summed E-state index contributed by atoms with van der Waals surface area (Å²) >= 11 is 0. The molecule has 2 aromatic rings. The molecule has 8 nitrogen and oxygen atoms in total. The number of fused-ring (bicyclic) bond motifs is 1. The molecule has 0 saturated heterocycles. The first-order valence-corrected chi connectivity index (χ1v) is 10.8. The lowest BCUT2D eigenvalue weighted by Crippen LogP contribution is -2.37. The van der Waals surface area contributed by atoms with Crippen LogP contribution in [-0.4, -0.2) is 46.5 Å². The minimum absolute atomic E-state index is 0.0582. The van der Waals surface area contributed by atoms with Gasteiger partial charge in [-0.05, 0) is 32.9 Å². The van der Waals surface area contributed by atoms with Gasteiger partial charge in [0.2, 0.25) is 5.43 Å². The Morgan fingerprint density at radius 2 is 1.97 bits per heavy atom. The molecule has 0 fully saturated rings. The third kappa shape index (κ3) is 4.35. The van der Waals surface area contributed by atoms with Crippen molar-refractivity contribution >= 4 is 11.8 Å². The van der Waals surface area contributed by atoms with Crippen molar-refractivity contribution in [1.29, 1.82) is 0 Å². The fourth-order valence-corrected chi connectivity index (χ4v) is 4.04. The average molecular weight is 462 g/mol. The normalized spacial score (nSPS) is 14.8. The quantitative estimate of drug-likeness (QED) is 0.586. The van der Waals surface area contributed by atoms with E-state index in [0.717, 1.165) is 6.07 Å². The molecule has 0 bridgehead atoms. The number of carbonyl (C=O) groups excluding carboxylic acids is 2. The number of aromatic hydroxyl groups is 1. The van der Waals surface area contributed by atoms with Crippen molar-refractivity contribution in [2.45, 2.75) is 46.3 Å². The topological polar surface area (TPSA) is 104 Å². The Kier molecular flexibility index (Phi) is 7.16. The van der Waals surface area contributed by atoms with Gasteiger partial charge in [-0.2, -0.15) is 0 Å². The average Bonchev–Trinajstić information content (AvgIpc) is 3.19. The second-order valence-corrected chi connectivity index (χ2v) is 7.98. The molecular formula is C23H28F2N4O4. The number of nitrogens with zero attached hydrogens (tertiary/aromatic N) is 2. The summed E-state index contributed by atoms with van der Waals surface area (Å²) in [5.74, 6) is -3.62. The highest BCUT2D eigenvalue weighted by Crippen LogP contribution is 2.32. The summed E-state index contributed by atoms with van der Waals surface area (Å²) in [6.45, 7) is 5.89. The van der Waals surface area contributed by atoms with E-state index >= 15 is 0 Å². The van der Waals surface area contributed by atoms with Gasteiger partial charge in [-0.15, -0.1) is 0 Å². The smallest absolute Gasteiger partial charge is 0.274 e. The van der Waals surface area contributed by atoms with E-state index in [1.807, 2.05) is 6.92 Å². The molecule has 1 atom stereocenters. The Balaban J connectivity index is 2.06. The molecule has 1 aliphatic heterocycles. The maximum atomic E-state index is 14.3. The van der Waals surface area contributed by atoms with Crippen molar-refractivity contribution in [2.75, 3.05) is 20.1 Å². The molecule has 33 heavy (non-hydrogen) atoms. The van der Waals surface area contributed by atoms with Gasteiger partial charge in [0.1, 0.15) is 17.2 Å². The molecule has 3 rings (SSSR count). The van der Waals surface area contributed by atoms with Crippen molar-refractivity contribution in [1.82, 2.24) is 20.1 Å². The lowest BCUT2D eigenvalue weighted by molar-refractivity contribution is 0.0785. The molecule has 178 valence electrons. The van der Waals surface area contributed by atoms with E-state index in [4.69, 9.17) is 0 Å². The molecule has 0 saturated carbocycles. The van der Waals surface area contributed by atoms with Gasteiger partial charge in [0.25, 0.3) is 11.8 Å². The third-order valence-electron chi connectivity index (χ3n) is 6.00. The third-order valence-corrected chi connectivity index (χ3v) is 6.00. The summed E-state index contributed by atoms with van der Waals surface area (Å²) in [5, 5.41) is 16.3. The van der Waals surface area contributed by atoms with E-state index in [-0.39, 0.29) is 35.0 Å². The Labute approximate surface area is 190 Å². The SMILES string of the molecule is CCN[C@H]1CCn2c(C(=O)N(C)CC)c(O)c(=O)c(C(=O)NCc3ccc(F)c(C)c3F)c21. The first-order valence-electron chi connectivity index (χ1n) is 10.8. The molecule has 0 radical (unpaired) electrons. The van der Waals surface area contributed by atoms with Crippen LogP contribution in [0.3, 0.4) is 0 Å². The molecule has 3 N–H and O–H groups in total. The Hall–Kier alpha value is -3.27. The van der Waals surface area contributed by atoms with Gasteiger partial charge in [0, 0.05) is 37.8 Å². The van der Waals surface area contributed by atoms with Crippen LogP contribution in [0.15, 0.2) is 16.9 Å². The largest absolute Gasteiger partial charge is 0.503 e. The standard InChI is InChI=1S/C23H28F2N4O4/c1-5-26-15-9-10-29-18(15)16(20(30)21(31)19(29)23(33)28(4)6-2)22(32)27-11-13-7-8-14(24)12(3)17(13)25/h7-8,15,26,31H,5-6,9-11H2,1-4H3,(H,27,32)/t15-/m0/s1. The number of hydrogen-bond donors (Lipinski definition) is 3. The van der Waals surface area contributed by atoms with Gasteiger partial charge in [-0.25, -0.2) is 8.78 Å². The van der Waals surface area contributed by atoms with Crippen LogP contribution in [0.4, 0.5) is 8.78 Å². The summed E-state index contributed by atoms with van der Waals surface area (Å²) in [4.78, 5) is 40.4. The maximum Gasteiger partial charge on any atom is 0.274 e. The zero-order valence-corrected chi connectivity index (χ0v) is 19.1. The molecule has 10 heteroatoms. The molecule has 0 unspecified atom stereocenters. The Morgan fingerprint density at radius 3 is 2.61 bits per heavy atom. The molecule has 0 aliphatic carbocycles. The summed E-state index contributed by atoms with van der Waals surface area (Å²) in [6.07, 6.45) is 0.513. The Morgan fingerprint density at radius 1 is 1.27 bits per heavy atom. The lowest BCUT2D eigenvalue weighted by atomic mass is 10.0. The summed E-state index contributed by atoms with van der Waals surface area (Å²) in [6, 6.07) is 1.94. The van der Waals surface area contributed by atoms with Gasteiger partial charge < -0.3 is 25.2 Å². The minimum atomic E-state index is -0.966. The number of rotatable bonds is 7. The van der Waals surface area contributed by atoms with Crippen molar-refractivity contribution in [3.8, 4) is 5.75 Å². The maximum absolute atomic E-state index is 14.3. The van der Waals surface area contributed by atoms with E-state index in [2.05, 4.69) is 10.6 Å². The van der Waals surface area contributed by atoms with E-state index < -0.39 is 34.6 Å². The predicted molar refractivity (Wildman–Crippen MR) is 118 cm³/mol. The van der Waals surface area contributed by atoms with Gasteiger partial charge in [0.15, 0.2) is 11.4 Å². The predicted octanol–water partition coefficient (Wildman–Crippen LogP) is 2.22. The van der Waals surface area contributed by atoms with E-state index in [1.165, 1.54) is 22.5 Å². The number of aromatic nitrogens is 1. The molecule has 0 spiro atoms. The van der Waals surface area contributed by atoms with Crippen LogP contribution >= 0.6 is 0 Å². The Bertz CT molecular complexity index is 1160. The van der Waals surface area contributed by atoms with Crippen LogP contribution < -0.4 is 16.1 Å². The number of pyridine rings is 1. The second-order valence-electron chi connectivity index (χ2n) is 7.98. The highest BCUT2D eigenvalue weighted by atomic mass is 19.1. The van der Waals surface area contributed by atoms with Crippen LogP contribution in [0.25, 0.3) is 0 Å². The second kappa shape index (κ2) is 9.70. The van der Waals surface area contributed by atoms with Gasteiger partial charge in [-0.3, -0.25) is 14.4 Å². The van der Waals surface area contributed by atoms with Crippen molar-refractivity contribution in [2.24, 2.45) is 0 Å². The number of carbonyl (C=O) groups is 2. The summed E-state index contributed by atoms with van der Waals surface area (Å²) in [7, 11) is 1.55. The highest BCUT2D eigenvalue weighted by Gasteiger charge is 2.36. The minimum Gasteiger partial charge on any atom is -0.503 e. The van der Waals surface area contributed by atoms with E-state index in [0.29, 0.717) is 31.7 Å². The van der Waals surface area contributed by atoms with E-state index in [1.54, 1.807) is 14.0 Å². The van der Waals surface area contributed by atoms with Gasteiger partial charge >= 0.3 is 0 Å². The van der Waals surface area contributed by atoms with Gasteiger partial charge in [0.05, 0.1) is 11.7 Å². The van der Waals surface area contributed by atoms with Crippen LogP contribution in [0.1, 0.15) is 64.0 Å². The molecule has 1 aromatic heterocycles. The van der Waals surface area contributed by atoms with Gasteiger partial charge in [-0.1, -0.05) is 13.0 Å². The van der Waals surface area contributed by atoms with Crippen LogP contribution in [0, 0.1) is 18.6 Å². The fraction of sp³-hybridized carbons (Fsp3) is 0.435. The zero-order chi connectivity index (χ0) is 24.4. The zero-order valence-electron chi connectivity index (χ0n) is 19.1. The number of benzene rings is 1. The van der Waals surface area contributed by atoms with E-state index in [9.17, 15) is 28.3 Å². The molecule has 1 aromatic carbocycles. The fourth-order valence-electron chi connectivity index (χ4n) is 4.04. The monoisotopic (exact) mass is 462 g/mol. The first kappa shape index (κ1) is 24.4. The van der Waals surface area contributed by atoms with Crippen LogP contribution in [0.5, 0.6) is 5.75 Å². The van der Waals surface area contributed by atoms with Crippen molar-refractivity contribution in [3.63, 3.8) is 0 Å². The summed E-state index contributed by atoms with van der Waals surface area (Å²) in [5.41, 5.74) is -1.23. The number of halogens is 2.